The van der Waals surface area contributed by atoms with Crippen LogP contribution in [-0.2, 0) is 0 Å². The largest absolute Gasteiger partial charge is 0.312 e. The van der Waals surface area contributed by atoms with E-state index in [-0.39, 0.29) is 0 Å². The van der Waals surface area contributed by atoms with E-state index in [1.54, 1.807) is 0 Å². The number of fused-ring (bicyclic) bond motifs is 2. The molecule has 20 heavy (non-hydrogen) atoms. The fourth-order valence-corrected chi connectivity index (χ4v) is 5.13. The number of hydrogen-bond acceptors (Lipinski definition) is 1. The molecule has 2 rings (SSSR count). The first-order valence-corrected chi connectivity index (χ1v) is 8.95. The second-order valence-corrected chi connectivity index (χ2v) is 9.35. The molecule has 2 fully saturated rings. The Morgan fingerprint density at radius 2 is 1.85 bits per heavy atom. The highest BCUT2D eigenvalue weighted by molar-refractivity contribution is 5.12. The zero-order valence-electron chi connectivity index (χ0n) is 14.8. The van der Waals surface area contributed by atoms with Gasteiger partial charge in [0.15, 0.2) is 0 Å². The van der Waals surface area contributed by atoms with Crippen molar-refractivity contribution in [3.8, 4) is 0 Å². The Morgan fingerprint density at radius 3 is 2.40 bits per heavy atom. The van der Waals surface area contributed by atoms with Crippen molar-refractivity contribution in [3.63, 3.8) is 0 Å². The van der Waals surface area contributed by atoms with E-state index in [1.165, 1.54) is 51.5 Å². The summed E-state index contributed by atoms with van der Waals surface area (Å²) >= 11 is 0. The number of nitrogens with one attached hydrogen (secondary N) is 1. The molecule has 2 bridgehead atoms. The van der Waals surface area contributed by atoms with Gasteiger partial charge in [0.2, 0.25) is 0 Å². The number of hydrogen-bond donors (Lipinski definition) is 1. The van der Waals surface area contributed by atoms with Gasteiger partial charge in [-0.2, -0.15) is 0 Å². The fourth-order valence-electron chi connectivity index (χ4n) is 5.13. The van der Waals surface area contributed by atoms with E-state index < -0.39 is 0 Å². The molecule has 0 aromatic rings. The van der Waals surface area contributed by atoms with Crippen molar-refractivity contribution >= 4 is 0 Å². The van der Waals surface area contributed by atoms with Crippen LogP contribution < -0.4 is 5.32 Å². The molecule has 2 aliphatic carbocycles. The van der Waals surface area contributed by atoms with Crippen LogP contribution in [0.25, 0.3) is 0 Å². The molecule has 0 heterocycles. The maximum atomic E-state index is 4.01. The predicted molar refractivity (Wildman–Crippen MR) is 88.9 cm³/mol. The van der Waals surface area contributed by atoms with Crippen molar-refractivity contribution in [2.24, 2.45) is 22.2 Å². The zero-order valence-corrected chi connectivity index (χ0v) is 14.8. The molecule has 0 aromatic carbocycles. The molecule has 1 heteroatoms. The summed E-state index contributed by atoms with van der Waals surface area (Å²) < 4.78 is 0. The van der Waals surface area contributed by atoms with Crippen molar-refractivity contribution < 1.29 is 0 Å². The van der Waals surface area contributed by atoms with Crippen LogP contribution in [0.3, 0.4) is 0 Å². The molecule has 0 aliphatic heterocycles. The summed E-state index contributed by atoms with van der Waals surface area (Å²) in [5.41, 5.74) is 1.50. The van der Waals surface area contributed by atoms with Crippen molar-refractivity contribution in [1.82, 2.24) is 5.32 Å². The van der Waals surface area contributed by atoms with E-state index in [2.05, 4.69) is 46.9 Å². The van der Waals surface area contributed by atoms with E-state index in [0.717, 1.165) is 12.0 Å². The van der Waals surface area contributed by atoms with Gasteiger partial charge < -0.3 is 5.32 Å². The third kappa shape index (κ3) is 3.08. The summed E-state index contributed by atoms with van der Waals surface area (Å²) in [5.74, 6) is 0.952. The van der Waals surface area contributed by atoms with Crippen molar-refractivity contribution in [2.75, 3.05) is 6.54 Å². The third-order valence-electron chi connectivity index (χ3n) is 6.51. The molecule has 0 saturated heterocycles. The molecule has 1 nitrogen and oxygen atoms in total. The molecular weight excluding hydrogens is 242 g/mol. The lowest BCUT2D eigenvalue weighted by Crippen LogP contribution is -2.52. The lowest BCUT2D eigenvalue weighted by atomic mass is 9.68. The lowest BCUT2D eigenvalue weighted by Gasteiger charge is -2.44. The van der Waals surface area contributed by atoms with Crippen LogP contribution in [0.15, 0.2) is 0 Å². The first-order valence-electron chi connectivity index (χ1n) is 8.95. The molecule has 0 amide bonds. The Balaban J connectivity index is 1.90. The highest BCUT2D eigenvalue weighted by Crippen LogP contribution is 2.62. The summed E-state index contributed by atoms with van der Waals surface area (Å²) in [6.07, 6.45) is 9.82. The van der Waals surface area contributed by atoms with E-state index in [4.69, 9.17) is 0 Å². The normalized spacial score (nSPS) is 35.7. The SMILES string of the molecule is CCCCCC(C)(C)CNC1C(C)(C)[C@H]2CC[C@]1(C)C2. The molecule has 3 atom stereocenters. The van der Waals surface area contributed by atoms with Crippen molar-refractivity contribution in [2.45, 2.75) is 92.5 Å². The van der Waals surface area contributed by atoms with Crippen LogP contribution in [0.5, 0.6) is 0 Å². The van der Waals surface area contributed by atoms with E-state index in [9.17, 15) is 0 Å². The standard InChI is InChI=1S/C19H37N/c1-7-8-9-11-17(2,3)14-20-16-18(4,5)15-10-12-19(16,6)13-15/h15-16,20H,7-14H2,1-6H3/t15-,16?,19+/m0/s1. The molecule has 0 aromatic heterocycles. The summed E-state index contributed by atoms with van der Waals surface area (Å²) in [7, 11) is 0. The fraction of sp³-hybridized carbons (Fsp3) is 1.00. The van der Waals surface area contributed by atoms with Gasteiger partial charge in [0.25, 0.3) is 0 Å². The van der Waals surface area contributed by atoms with Crippen LogP contribution in [0, 0.1) is 22.2 Å². The van der Waals surface area contributed by atoms with Crippen LogP contribution in [0.4, 0.5) is 0 Å². The average molecular weight is 280 g/mol. The highest BCUT2D eigenvalue weighted by Gasteiger charge is 2.59. The Kier molecular flexibility index (Phi) is 4.60. The minimum atomic E-state index is 0.448. The van der Waals surface area contributed by atoms with Crippen LogP contribution >= 0.6 is 0 Å². The molecule has 2 saturated carbocycles. The Labute approximate surface area is 127 Å². The average Bonchev–Trinajstić information content (AvgIpc) is 2.79. The minimum absolute atomic E-state index is 0.448. The predicted octanol–water partition coefficient (Wildman–Crippen LogP) is 5.40. The van der Waals surface area contributed by atoms with Gasteiger partial charge in [-0.25, -0.2) is 0 Å². The summed E-state index contributed by atoms with van der Waals surface area (Å²) in [4.78, 5) is 0. The second-order valence-electron chi connectivity index (χ2n) is 9.35. The van der Waals surface area contributed by atoms with Crippen LogP contribution in [0.1, 0.15) is 86.5 Å². The van der Waals surface area contributed by atoms with Crippen molar-refractivity contribution in [1.29, 1.82) is 0 Å². The molecule has 2 aliphatic rings. The van der Waals surface area contributed by atoms with Gasteiger partial charge in [0.1, 0.15) is 0 Å². The quantitative estimate of drug-likeness (QED) is 0.615. The van der Waals surface area contributed by atoms with Crippen LogP contribution in [0.2, 0.25) is 0 Å². The maximum absolute atomic E-state index is 4.01. The monoisotopic (exact) mass is 279 g/mol. The van der Waals surface area contributed by atoms with Crippen molar-refractivity contribution in [3.05, 3.63) is 0 Å². The lowest BCUT2D eigenvalue weighted by molar-refractivity contribution is 0.0971. The summed E-state index contributed by atoms with van der Waals surface area (Å²) in [6.45, 7) is 15.9. The minimum Gasteiger partial charge on any atom is -0.312 e. The molecule has 1 N–H and O–H groups in total. The van der Waals surface area contributed by atoms with Gasteiger partial charge in [-0.3, -0.25) is 0 Å². The van der Waals surface area contributed by atoms with E-state index >= 15 is 0 Å². The number of rotatable bonds is 7. The molecule has 1 unspecified atom stereocenters. The summed E-state index contributed by atoms with van der Waals surface area (Å²) in [6, 6.07) is 0.721. The smallest absolute Gasteiger partial charge is 0.0175 e. The molecule has 118 valence electrons. The number of unbranched alkanes of at least 4 members (excludes halogenated alkanes) is 2. The Hall–Kier alpha value is -0.0400. The molecule has 0 radical (unpaired) electrons. The topological polar surface area (TPSA) is 12.0 Å². The Bertz CT molecular complexity index is 326. The van der Waals surface area contributed by atoms with Gasteiger partial charge in [-0.05, 0) is 47.8 Å². The first kappa shape index (κ1) is 16.3. The van der Waals surface area contributed by atoms with E-state index in [1.807, 2.05) is 0 Å². The highest BCUT2D eigenvalue weighted by atomic mass is 15.0. The first-order chi connectivity index (χ1) is 9.21. The summed E-state index contributed by atoms with van der Waals surface area (Å²) in [5, 5.41) is 4.01. The Morgan fingerprint density at radius 1 is 1.15 bits per heavy atom. The molecular formula is C19H37N. The van der Waals surface area contributed by atoms with Gasteiger partial charge in [-0.15, -0.1) is 0 Å². The maximum Gasteiger partial charge on any atom is 0.0175 e. The van der Waals surface area contributed by atoms with Gasteiger partial charge in [-0.1, -0.05) is 60.8 Å². The second kappa shape index (κ2) is 5.63. The van der Waals surface area contributed by atoms with Gasteiger partial charge in [0, 0.05) is 12.6 Å². The third-order valence-corrected chi connectivity index (χ3v) is 6.51. The molecule has 0 spiro atoms. The van der Waals surface area contributed by atoms with Crippen LogP contribution in [-0.4, -0.2) is 12.6 Å². The van der Waals surface area contributed by atoms with E-state index in [0.29, 0.717) is 16.2 Å². The zero-order chi connectivity index (χ0) is 15.0. The van der Waals surface area contributed by atoms with Gasteiger partial charge in [0.05, 0.1) is 0 Å². The van der Waals surface area contributed by atoms with Gasteiger partial charge >= 0.3 is 0 Å².